The minimum Gasteiger partial charge on any atom is -0.481 e. The topological polar surface area (TPSA) is 87.1 Å². The van der Waals surface area contributed by atoms with E-state index >= 15 is 0 Å². The molecule has 2 unspecified atom stereocenters. The van der Waals surface area contributed by atoms with Gasteiger partial charge in [0.25, 0.3) is 10.2 Å². The number of ether oxygens (including phenoxy) is 1. The van der Waals surface area contributed by atoms with Crippen molar-refractivity contribution in [1.29, 1.82) is 0 Å². The molecular formula is C12H22N2O5S. The maximum atomic E-state index is 12.7. The largest absolute Gasteiger partial charge is 0.481 e. The molecule has 8 heteroatoms. The van der Waals surface area contributed by atoms with Gasteiger partial charge in [-0.15, -0.1) is 0 Å². The van der Waals surface area contributed by atoms with Crippen molar-refractivity contribution >= 4 is 16.2 Å². The van der Waals surface area contributed by atoms with Crippen LogP contribution in [0, 0.1) is 5.92 Å². The van der Waals surface area contributed by atoms with Crippen LogP contribution in [0.5, 0.6) is 0 Å². The van der Waals surface area contributed by atoms with Crippen molar-refractivity contribution in [2.45, 2.75) is 32.2 Å². The minimum atomic E-state index is -3.59. The van der Waals surface area contributed by atoms with E-state index in [2.05, 4.69) is 0 Å². The van der Waals surface area contributed by atoms with Crippen LogP contribution in [-0.2, 0) is 19.7 Å². The molecule has 2 aliphatic heterocycles. The van der Waals surface area contributed by atoms with Crippen molar-refractivity contribution in [3.05, 3.63) is 0 Å². The van der Waals surface area contributed by atoms with Crippen molar-refractivity contribution in [1.82, 2.24) is 8.61 Å². The minimum absolute atomic E-state index is 0.0791. The second kappa shape index (κ2) is 6.38. The summed E-state index contributed by atoms with van der Waals surface area (Å²) in [5.74, 6) is -1.77. The van der Waals surface area contributed by atoms with Gasteiger partial charge in [-0.25, -0.2) is 0 Å². The summed E-state index contributed by atoms with van der Waals surface area (Å²) in [5.41, 5.74) is 0. The molecule has 0 amide bonds. The number of carboxylic acid groups (broad SMARTS) is 1. The van der Waals surface area contributed by atoms with Crippen molar-refractivity contribution in [2.75, 3.05) is 32.8 Å². The Balaban J connectivity index is 2.23. The molecule has 1 N–H and O–H groups in total. The Kier molecular flexibility index (Phi) is 5.00. The average molecular weight is 306 g/mol. The molecular weight excluding hydrogens is 284 g/mol. The molecule has 0 bridgehead atoms. The van der Waals surface area contributed by atoms with Gasteiger partial charge in [0.2, 0.25) is 0 Å². The summed E-state index contributed by atoms with van der Waals surface area (Å²) in [4.78, 5) is 11.3. The summed E-state index contributed by atoms with van der Waals surface area (Å²) in [6.45, 7) is 3.50. The molecule has 0 aromatic heterocycles. The maximum absolute atomic E-state index is 12.7. The second-order valence-electron chi connectivity index (χ2n) is 5.27. The summed E-state index contributed by atoms with van der Waals surface area (Å²) in [5, 5.41) is 9.22. The predicted octanol–water partition coefficient (Wildman–Crippen LogP) is 0.139. The zero-order valence-corrected chi connectivity index (χ0v) is 12.5. The molecule has 2 heterocycles. The highest BCUT2D eigenvalue weighted by Crippen LogP contribution is 2.26. The van der Waals surface area contributed by atoms with Crippen LogP contribution in [0.25, 0.3) is 0 Å². The van der Waals surface area contributed by atoms with E-state index < -0.39 is 28.1 Å². The van der Waals surface area contributed by atoms with E-state index in [-0.39, 0.29) is 13.2 Å². The van der Waals surface area contributed by atoms with Crippen LogP contribution in [-0.4, -0.2) is 67.0 Å². The summed E-state index contributed by atoms with van der Waals surface area (Å²) in [7, 11) is -3.59. The smallest absolute Gasteiger partial charge is 0.310 e. The number of aliphatic carboxylic acids is 1. The highest BCUT2D eigenvalue weighted by Gasteiger charge is 2.44. The molecule has 0 aromatic carbocycles. The first kappa shape index (κ1) is 15.7. The van der Waals surface area contributed by atoms with Crippen molar-refractivity contribution in [3.63, 3.8) is 0 Å². The van der Waals surface area contributed by atoms with Gasteiger partial charge in [-0.3, -0.25) is 4.79 Å². The predicted molar refractivity (Wildman–Crippen MR) is 72.5 cm³/mol. The number of nitrogens with zero attached hydrogens (tertiary/aromatic N) is 2. The van der Waals surface area contributed by atoms with Crippen LogP contribution in [0.4, 0.5) is 0 Å². The standard InChI is InChI=1S/C12H22N2O5S/c1-2-5-14(11-9-19-8-10(11)12(15)16)20(17,18)13-6-3-4-7-13/h10-11H,2-9H2,1H3,(H,15,16). The van der Waals surface area contributed by atoms with Gasteiger partial charge in [0.1, 0.15) is 0 Å². The summed E-state index contributed by atoms with van der Waals surface area (Å²) in [6.07, 6.45) is 2.38. The monoisotopic (exact) mass is 306 g/mol. The first-order valence-corrected chi connectivity index (χ1v) is 8.45. The molecule has 2 atom stereocenters. The molecule has 7 nitrogen and oxygen atoms in total. The fourth-order valence-electron chi connectivity index (χ4n) is 2.80. The second-order valence-corrected chi connectivity index (χ2v) is 7.16. The van der Waals surface area contributed by atoms with E-state index in [0.29, 0.717) is 26.1 Å². The fourth-order valence-corrected chi connectivity index (χ4v) is 4.78. The zero-order valence-electron chi connectivity index (χ0n) is 11.7. The highest BCUT2D eigenvalue weighted by molar-refractivity contribution is 7.86. The third-order valence-corrected chi connectivity index (χ3v) is 5.93. The van der Waals surface area contributed by atoms with Gasteiger partial charge in [0.15, 0.2) is 0 Å². The van der Waals surface area contributed by atoms with Gasteiger partial charge in [0, 0.05) is 19.6 Å². The number of carboxylic acids is 1. The van der Waals surface area contributed by atoms with Crippen LogP contribution >= 0.6 is 0 Å². The van der Waals surface area contributed by atoms with Crippen LogP contribution in [0.2, 0.25) is 0 Å². The van der Waals surface area contributed by atoms with E-state index in [0.717, 1.165) is 12.8 Å². The summed E-state index contributed by atoms with van der Waals surface area (Å²) < 4.78 is 33.4. The third kappa shape index (κ3) is 2.98. The van der Waals surface area contributed by atoms with E-state index in [1.165, 1.54) is 8.61 Å². The molecule has 0 aromatic rings. The summed E-state index contributed by atoms with van der Waals surface area (Å²) >= 11 is 0. The van der Waals surface area contributed by atoms with Gasteiger partial charge >= 0.3 is 5.97 Å². The van der Waals surface area contributed by atoms with Crippen molar-refractivity contribution < 1.29 is 23.1 Å². The highest BCUT2D eigenvalue weighted by atomic mass is 32.2. The molecule has 0 saturated carbocycles. The van der Waals surface area contributed by atoms with Crippen molar-refractivity contribution in [2.24, 2.45) is 5.92 Å². The Morgan fingerprint density at radius 2 is 2.00 bits per heavy atom. The molecule has 116 valence electrons. The van der Waals surface area contributed by atoms with E-state index in [4.69, 9.17) is 4.74 Å². The van der Waals surface area contributed by atoms with Gasteiger partial charge in [-0.05, 0) is 19.3 Å². The lowest BCUT2D eigenvalue weighted by atomic mass is 10.0. The Morgan fingerprint density at radius 3 is 2.55 bits per heavy atom. The third-order valence-electron chi connectivity index (χ3n) is 3.87. The van der Waals surface area contributed by atoms with Crippen LogP contribution in [0.1, 0.15) is 26.2 Å². The molecule has 2 aliphatic rings. The van der Waals surface area contributed by atoms with Gasteiger partial charge in [-0.1, -0.05) is 6.92 Å². The molecule has 0 radical (unpaired) electrons. The number of carbonyl (C=O) groups is 1. The van der Waals surface area contributed by atoms with E-state index in [9.17, 15) is 18.3 Å². The first-order valence-electron chi connectivity index (χ1n) is 7.06. The Labute approximate surface area is 119 Å². The number of hydrogen-bond acceptors (Lipinski definition) is 4. The van der Waals surface area contributed by atoms with Crippen molar-refractivity contribution in [3.8, 4) is 0 Å². The molecule has 20 heavy (non-hydrogen) atoms. The van der Waals surface area contributed by atoms with Gasteiger partial charge in [-0.2, -0.15) is 17.0 Å². The van der Waals surface area contributed by atoms with Gasteiger partial charge < -0.3 is 9.84 Å². The lowest BCUT2D eigenvalue weighted by Gasteiger charge is -2.32. The van der Waals surface area contributed by atoms with E-state index in [1.54, 1.807) is 0 Å². The molecule has 0 spiro atoms. The van der Waals surface area contributed by atoms with Gasteiger partial charge in [0.05, 0.1) is 25.2 Å². The maximum Gasteiger partial charge on any atom is 0.310 e. The average Bonchev–Trinajstić information content (AvgIpc) is 3.06. The fraction of sp³-hybridized carbons (Fsp3) is 0.917. The first-order chi connectivity index (χ1) is 9.48. The summed E-state index contributed by atoms with van der Waals surface area (Å²) in [6, 6.07) is -0.599. The zero-order chi connectivity index (χ0) is 14.8. The SMILES string of the molecule is CCCN(C1COCC1C(=O)O)S(=O)(=O)N1CCCC1. The Bertz CT molecular complexity index is 447. The molecule has 2 fully saturated rings. The van der Waals surface area contributed by atoms with E-state index in [1.807, 2.05) is 6.92 Å². The Morgan fingerprint density at radius 1 is 1.35 bits per heavy atom. The van der Waals surface area contributed by atoms with Crippen LogP contribution < -0.4 is 0 Å². The molecule has 2 saturated heterocycles. The lowest BCUT2D eigenvalue weighted by Crippen LogP contribution is -2.51. The van der Waals surface area contributed by atoms with Crippen LogP contribution in [0.15, 0.2) is 0 Å². The molecule has 0 aliphatic carbocycles. The Hall–Kier alpha value is -0.700. The lowest BCUT2D eigenvalue weighted by molar-refractivity contribution is -0.142. The number of hydrogen-bond donors (Lipinski definition) is 1. The van der Waals surface area contributed by atoms with Crippen LogP contribution in [0.3, 0.4) is 0 Å². The normalized spacial score (nSPS) is 28.3. The number of rotatable bonds is 6. The molecule has 2 rings (SSSR count). The quantitative estimate of drug-likeness (QED) is 0.754.